The number of likely N-dealkylation sites (N-methyl/N-ethyl adjacent to an activating group) is 1. The van der Waals surface area contributed by atoms with Gasteiger partial charge in [0.15, 0.2) is 0 Å². The second-order valence-corrected chi connectivity index (χ2v) is 5.96. The minimum Gasteiger partial charge on any atom is -0.329 e. The highest BCUT2D eigenvalue weighted by Gasteiger charge is 2.21. The molecule has 0 spiro atoms. The SMILES string of the molecule is CCCCCCCC(CN)N(C)C(C)c1ccccc1F. The molecule has 0 amide bonds. The maximum absolute atomic E-state index is 13.9. The van der Waals surface area contributed by atoms with Gasteiger partial charge in [-0.1, -0.05) is 57.2 Å². The van der Waals surface area contributed by atoms with Gasteiger partial charge < -0.3 is 5.73 Å². The lowest BCUT2D eigenvalue weighted by Gasteiger charge is -2.33. The fraction of sp³-hybridized carbons (Fsp3) is 0.667. The van der Waals surface area contributed by atoms with Crippen LogP contribution in [0.25, 0.3) is 0 Å². The Bertz CT molecular complexity index is 395. The van der Waals surface area contributed by atoms with Crippen LogP contribution in [0.1, 0.15) is 64.0 Å². The zero-order valence-electron chi connectivity index (χ0n) is 13.8. The summed E-state index contributed by atoms with van der Waals surface area (Å²) in [4.78, 5) is 2.22. The summed E-state index contributed by atoms with van der Waals surface area (Å²) in [7, 11) is 2.06. The Morgan fingerprint density at radius 3 is 2.43 bits per heavy atom. The molecule has 0 heterocycles. The molecule has 0 bridgehead atoms. The van der Waals surface area contributed by atoms with Gasteiger partial charge in [-0.3, -0.25) is 4.90 Å². The van der Waals surface area contributed by atoms with Crippen LogP contribution in [0.2, 0.25) is 0 Å². The highest BCUT2D eigenvalue weighted by atomic mass is 19.1. The van der Waals surface area contributed by atoms with Gasteiger partial charge in [0.2, 0.25) is 0 Å². The van der Waals surface area contributed by atoms with E-state index in [2.05, 4.69) is 25.8 Å². The van der Waals surface area contributed by atoms with Crippen molar-refractivity contribution in [3.63, 3.8) is 0 Å². The van der Waals surface area contributed by atoms with Crippen molar-refractivity contribution in [2.75, 3.05) is 13.6 Å². The topological polar surface area (TPSA) is 29.3 Å². The van der Waals surface area contributed by atoms with Crippen LogP contribution in [0.4, 0.5) is 4.39 Å². The Balaban J connectivity index is 2.53. The quantitative estimate of drug-likeness (QED) is 0.643. The number of rotatable bonds is 10. The fourth-order valence-electron chi connectivity index (χ4n) is 2.82. The lowest BCUT2D eigenvalue weighted by atomic mass is 10.0. The number of nitrogens with two attached hydrogens (primary N) is 1. The van der Waals surface area contributed by atoms with Crippen molar-refractivity contribution in [1.82, 2.24) is 4.90 Å². The molecule has 0 saturated heterocycles. The van der Waals surface area contributed by atoms with Crippen molar-refractivity contribution >= 4 is 0 Å². The van der Waals surface area contributed by atoms with Gasteiger partial charge in [0, 0.05) is 24.2 Å². The number of unbranched alkanes of at least 4 members (excludes halogenated alkanes) is 4. The van der Waals surface area contributed by atoms with E-state index in [-0.39, 0.29) is 11.9 Å². The first-order chi connectivity index (χ1) is 10.1. The van der Waals surface area contributed by atoms with Crippen molar-refractivity contribution in [1.29, 1.82) is 0 Å². The molecule has 0 aromatic heterocycles. The molecule has 2 N–H and O–H groups in total. The Morgan fingerprint density at radius 1 is 1.14 bits per heavy atom. The summed E-state index contributed by atoms with van der Waals surface area (Å²) in [5.74, 6) is -0.129. The molecular formula is C18H31FN2. The molecule has 120 valence electrons. The van der Waals surface area contributed by atoms with Gasteiger partial charge in [-0.15, -0.1) is 0 Å². The second-order valence-electron chi connectivity index (χ2n) is 5.96. The summed E-state index contributed by atoms with van der Waals surface area (Å²) in [6.07, 6.45) is 7.46. The van der Waals surface area contributed by atoms with Gasteiger partial charge in [-0.2, -0.15) is 0 Å². The number of benzene rings is 1. The summed E-state index contributed by atoms with van der Waals surface area (Å²) in [6.45, 7) is 4.91. The third-order valence-corrected chi connectivity index (χ3v) is 4.46. The van der Waals surface area contributed by atoms with Crippen LogP contribution in [-0.2, 0) is 0 Å². The Morgan fingerprint density at radius 2 is 1.81 bits per heavy atom. The third-order valence-electron chi connectivity index (χ3n) is 4.46. The summed E-state index contributed by atoms with van der Waals surface area (Å²) < 4.78 is 13.9. The number of nitrogens with zero attached hydrogens (tertiary/aromatic N) is 1. The van der Waals surface area contributed by atoms with Crippen molar-refractivity contribution < 1.29 is 4.39 Å². The largest absolute Gasteiger partial charge is 0.329 e. The maximum atomic E-state index is 13.9. The van der Waals surface area contributed by atoms with Crippen LogP contribution >= 0.6 is 0 Å². The van der Waals surface area contributed by atoms with E-state index in [1.165, 1.54) is 38.2 Å². The Labute approximate surface area is 129 Å². The van der Waals surface area contributed by atoms with Crippen LogP contribution in [0.15, 0.2) is 24.3 Å². The molecule has 1 aromatic carbocycles. The van der Waals surface area contributed by atoms with E-state index >= 15 is 0 Å². The average Bonchev–Trinajstić information content (AvgIpc) is 2.50. The predicted molar refractivity (Wildman–Crippen MR) is 88.8 cm³/mol. The highest BCUT2D eigenvalue weighted by molar-refractivity contribution is 5.20. The van der Waals surface area contributed by atoms with Gasteiger partial charge in [0.1, 0.15) is 5.82 Å². The van der Waals surface area contributed by atoms with E-state index < -0.39 is 0 Å². The molecule has 0 aliphatic heterocycles. The number of hydrogen-bond acceptors (Lipinski definition) is 2. The lowest BCUT2D eigenvalue weighted by Crippen LogP contribution is -2.39. The van der Waals surface area contributed by atoms with Gasteiger partial charge in [-0.05, 0) is 26.5 Å². The molecule has 1 rings (SSSR count). The molecule has 0 radical (unpaired) electrons. The zero-order valence-corrected chi connectivity index (χ0v) is 13.8. The lowest BCUT2D eigenvalue weighted by molar-refractivity contribution is 0.174. The first-order valence-electron chi connectivity index (χ1n) is 8.28. The van der Waals surface area contributed by atoms with E-state index in [0.717, 1.165) is 12.0 Å². The van der Waals surface area contributed by atoms with Crippen LogP contribution in [0.5, 0.6) is 0 Å². The van der Waals surface area contributed by atoms with Crippen LogP contribution in [-0.4, -0.2) is 24.5 Å². The molecule has 2 atom stereocenters. The molecule has 0 aliphatic rings. The van der Waals surface area contributed by atoms with E-state index in [1.807, 2.05) is 12.1 Å². The molecule has 1 aromatic rings. The molecule has 0 aliphatic carbocycles. The fourth-order valence-corrected chi connectivity index (χ4v) is 2.82. The number of hydrogen-bond donors (Lipinski definition) is 1. The molecule has 2 unspecified atom stereocenters. The molecule has 0 fully saturated rings. The summed E-state index contributed by atoms with van der Waals surface area (Å²) >= 11 is 0. The van der Waals surface area contributed by atoms with Gasteiger partial charge in [0.25, 0.3) is 0 Å². The van der Waals surface area contributed by atoms with Crippen LogP contribution in [0, 0.1) is 5.82 Å². The van der Waals surface area contributed by atoms with Gasteiger partial charge in [-0.25, -0.2) is 4.39 Å². The number of halogens is 1. The van der Waals surface area contributed by atoms with Crippen LogP contribution in [0.3, 0.4) is 0 Å². The Hall–Kier alpha value is -0.930. The summed E-state index contributed by atoms with van der Waals surface area (Å²) in [5.41, 5.74) is 6.69. The summed E-state index contributed by atoms with van der Waals surface area (Å²) in [5, 5.41) is 0. The monoisotopic (exact) mass is 294 g/mol. The third kappa shape index (κ3) is 5.76. The van der Waals surface area contributed by atoms with Gasteiger partial charge >= 0.3 is 0 Å². The predicted octanol–water partition coefficient (Wildman–Crippen LogP) is 4.51. The minimum absolute atomic E-state index is 0.0513. The minimum atomic E-state index is -0.129. The molecule has 2 nitrogen and oxygen atoms in total. The van der Waals surface area contributed by atoms with Gasteiger partial charge in [0.05, 0.1) is 0 Å². The van der Waals surface area contributed by atoms with E-state index in [9.17, 15) is 4.39 Å². The van der Waals surface area contributed by atoms with E-state index in [4.69, 9.17) is 5.73 Å². The second kappa shape index (κ2) is 9.91. The molecule has 3 heteroatoms. The smallest absolute Gasteiger partial charge is 0.127 e. The highest BCUT2D eigenvalue weighted by Crippen LogP contribution is 2.24. The van der Waals surface area contributed by atoms with E-state index in [1.54, 1.807) is 6.07 Å². The first kappa shape index (κ1) is 18.1. The zero-order chi connectivity index (χ0) is 15.7. The molecule has 0 saturated carbocycles. The Kier molecular flexibility index (Phi) is 8.55. The molecule has 21 heavy (non-hydrogen) atoms. The van der Waals surface area contributed by atoms with Crippen molar-refractivity contribution in [3.05, 3.63) is 35.6 Å². The first-order valence-corrected chi connectivity index (χ1v) is 8.28. The van der Waals surface area contributed by atoms with E-state index in [0.29, 0.717) is 12.6 Å². The van der Waals surface area contributed by atoms with Crippen molar-refractivity contribution in [2.24, 2.45) is 5.73 Å². The maximum Gasteiger partial charge on any atom is 0.127 e. The van der Waals surface area contributed by atoms with Crippen molar-refractivity contribution in [2.45, 2.75) is 64.5 Å². The average molecular weight is 294 g/mol. The summed E-state index contributed by atoms with van der Waals surface area (Å²) in [6, 6.07) is 7.40. The van der Waals surface area contributed by atoms with Crippen molar-refractivity contribution in [3.8, 4) is 0 Å². The normalized spacial score (nSPS) is 14.4. The molecular weight excluding hydrogens is 263 g/mol. The standard InChI is InChI=1S/C18H31FN2/c1-4-5-6-7-8-11-16(14-20)21(3)15(2)17-12-9-10-13-18(17)19/h9-10,12-13,15-16H,4-8,11,14,20H2,1-3H3. The van der Waals surface area contributed by atoms with Crippen LogP contribution < -0.4 is 5.73 Å².